The van der Waals surface area contributed by atoms with Crippen LogP contribution in [0.4, 0.5) is 17.3 Å². The number of nitrogen functional groups attached to an aromatic ring is 2. The Morgan fingerprint density at radius 1 is 1.32 bits per heavy atom. The summed E-state index contributed by atoms with van der Waals surface area (Å²) in [5, 5.41) is 23.9. The van der Waals surface area contributed by atoms with Crippen LogP contribution in [0.15, 0.2) is 41.9 Å². The number of nitrogens with one attached hydrogen (secondary N) is 2. The van der Waals surface area contributed by atoms with Crippen molar-refractivity contribution in [2.75, 3.05) is 23.9 Å². The number of fused-ring (bicyclic) bond motifs is 1. The lowest BCUT2D eigenvalue weighted by Crippen LogP contribution is -2.32. The molecule has 154 valence electrons. The van der Waals surface area contributed by atoms with Crippen LogP contribution in [0.5, 0.6) is 5.75 Å². The maximum Gasteiger partial charge on any atom is 0.211 e. The first-order valence-corrected chi connectivity index (χ1v) is 9.17. The van der Waals surface area contributed by atoms with Gasteiger partial charge in [0.15, 0.2) is 6.19 Å². The summed E-state index contributed by atoms with van der Waals surface area (Å²) in [6.07, 6.45) is 7.09. The van der Waals surface area contributed by atoms with Gasteiger partial charge in [-0.2, -0.15) is 10.5 Å². The first-order chi connectivity index (χ1) is 15.0. The van der Waals surface area contributed by atoms with Crippen LogP contribution >= 0.6 is 0 Å². The first kappa shape index (κ1) is 19.5. The first-order valence-electron chi connectivity index (χ1n) is 9.17. The third kappa shape index (κ3) is 3.52. The number of hydrogen-bond acceptors (Lipinski definition) is 10. The molecule has 6 N–H and O–H groups in total. The number of anilines is 3. The second-order valence-electron chi connectivity index (χ2n) is 6.71. The molecule has 1 aliphatic heterocycles. The molecule has 4 rings (SSSR count). The molecule has 0 fully saturated rings. The zero-order valence-corrected chi connectivity index (χ0v) is 16.5. The molecule has 3 aromatic rings. The zero-order chi connectivity index (χ0) is 22.0. The Hall–Kier alpha value is -4.77. The highest BCUT2D eigenvalue weighted by molar-refractivity contribution is 5.98. The van der Waals surface area contributed by atoms with Crippen molar-refractivity contribution in [3.8, 4) is 18.0 Å². The minimum Gasteiger partial charge on any atom is -0.496 e. The maximum absolute atomic E-state index is 9.46. The van der Waals surface area contributed by atoms with E-state index in [0.29, 0.717) is 23.7 Å². The average Bonchev–Trinajstić information content (AvgIpc) is 3.26. The van der Waals surface area contributed by atoms with Crippen molar-refractivity contribution >= 4 is 23.3 Å². The number of hydrogen-bond donors (Lipinski definition) is 4. The molecule has 11 nitrogen and oxygen atoms in total. The van der Waals surface area contributed by atoms with Gasteiger partial charge in [0.05, 0.1) is 25.7 Å². The van der Waals surface area contributed by atoms with E-state index in [1.54, 1.807) is 19.6 Å². The average molecular weight is 414 g/mol. The maximum atomic E-state index is 9.46. The van der Waals surface area contributed by atoms with Gasteiger partial charge < -0.3 is 26.1 Å². The number of guanidine groups is 1. The van der Waals surface area contributed by atoms with E-state index in [4.69, 9.17) is 21.5 Å². The van der Waals surface area contributed by atoms with Crippen molar-refractivity contribution in [2.45, 2.75) is 12.6 Å². The normalized spacial score (nSPS) is 14.4. The molecule has 1 unspecified atom stereocenters. The number of aromatic nitrogens is 3. The zero-order valence-electron chi connectivity index (χ0n) is 16.5. The van der Waals surface area contributed by atoms with Crippen LogP contribution in [-0.2, 0) is 6.54 Å². The molecular formula is C20H18N10O. The van der Waals surface area contributed by atoms with Crippen molar-refractivity contribution < 1.29 is 4.74 Å². The van der Waals surface area contributed by atoms with E-state index in [0.717, 1.165) is 11.1 Å². The number of rotatable bonds is 4. The Labute approximate surface area is 177 Å². The number of pyridine rings is 1. The molecule has 2 aromatic heterocycles. The molecule has 0 bridgehead atoms. The molecule has 0 saturated carbocycles. The lowest BCUT2D eigenvalue weighted by Gasteiger charge is -2.26. The van der Waals surface area contributed by atoms with Crippen LogP contribution in [0, 0.1) is 22.8 Å². The van der Waals surface area contributed by atoms with E-state index < -0.39 is 6.04 Å². The van der Waals surface area contributed by atoms with Gasteiger partial charge >= 0.3 is 0 Å². The van der Waals surface area contributed by atoms with Crippen LogP contribution < -0.4 is 26.8 Å². The van der Waals surface area contributed by atoms with Gasteiger partial charge in [0.25, 0.3) is 0 Å². The highest BCUT2D eigenvalue weighted by Crippen LogP contribution is 2.41. The van der Waals surface area contributed by atoms with Crippen LogP contribution in [0.2, 0.25) is 0 Å². The number of ether oxygens (including phenoxy) is 1. The molecule has 3 heterocycles. The van der Waals surface area contributed by atoms with Gasteiger partial charge in [-0.15, -0.1) is 0 Å². The summed E-state index contributed by atoms with van der Waals surface area (Å²) in [5.41, 5.74) is 14.6. The third-order valence-corrected chi connectivity index (χ3v) is 4.89. The smallest absolute Gasteiger partial charge is 0.211 e. The molecule has 0 saturated heterocycles. The number of nitrogens with zero attached hydrogens (tertiary/aromatic N) is 6. The summed E-state index contributed by atoms with van der Waals surface area (Å²) >= 11 is 0. The number of nitriles is 2. The van der Waals surface area contributed by atoms with Crippen LogP contribution in [0.3, 0.4) is 0 Å². The quantitative estimate of drug-likeness (QED) is 0.362. The van der Waals surface area contributed by atoms with E-state index in [2.05, 4.69) is 25.6 Å². The lowest BCUT2D eigenvalue weighted by molar-refractivity contribution is 0.408. The van der Waals surface area contributed by atoms with Crippen molar-refractivity contribution in [3.05, 3.63) is 59.2 Å². The molecule has 0 aliphatic carbocycles. The van der Waals surface area contributed by atoms with Gasteiger partial charge in [0.2, 0.25) is 5.96 Å². The van der Waals surface area contributed by atoms with Crippen molar-refractivity contribution in [1.82, 2.24) is 19.9 Å². The minimum absolute atomic E-state index is 0.00117. The van der Waals surface area contributed by atoms with Crippen molar-refractivity contribution in [2.24, 2.45) is 4.99 Å². The molecule has 0 amide bonds. The van der Waals surface area contributed by atoms with Gasteiger partial charge in [0.1, 0.15) is 35.1 Å². The fourth-order valence-corrected chi connectivity index (χ4v) is 3.49. The highest BCUT2D eigenvalue weighted by atomic mass is 16.5. The number of aliphatic imine (C=N–C) groups is 1. The Morgan fingerprint density at radius 3 is 2.84 bits per heavy atom. The van der Waals surface area contributed by atoms with Gasteiger partial charge in [-0.3, -0.25) is 5.32 Å². The predicted molar refractivity (Wildman–Crippen MR) is 114 cm³/mol. The van der Waals surface area contributed by atoms with Crippen molar-refractivity contribution in [1.29, 1.82) is 10.5 Å². The van der Waals surface area contributed by atoms with Gasteiger partial charge in [0, 0.05) is 23.5 Å². The molecule has 1 atom stereocenters. The number of nitrogens with two attached hydrogens (primary N) is 2. The SMILES string of the molecule is COc1ccc(C2N=C(NC#N)Nc3nc(N)c(C#N)c(N)c32)cc1Cn1ccnc1. The Kier molecular flexibility index (Phi) is 5.00. The van der Waals surface area contributed by atoms with E-state index in [9.17, 15) is 5.26 Å². The predicted octanol–water partition coefficient (Wildman–Crippen LogP) is 1.31. The molecule has 0 radical (unpaired) electrons. The Morgan fingerprint density at radius 2 is 2.16 bits per heavy atom. The van der Waals surface area contributed by atoms with Gasteiger partial charge in [-0.25, -0.2) is 15.0 Å². The van der Waals surface area contributed by atoms with E-state index >= 15 is 0 Å². The third-order valence-electron chi connectivity index (χ3n) is 4.89. The van der Waals surface area contributed by atoms with Crippen molar-refractivity contribution in [3.63, 3.8) is 0 Å². The van der Waals surface area contributed by atoms with E-state index in [1.165, 1.54) is 0 Å². The fourth-order valence-electron chi connectivity index (χ4n) is 3.49. The second kappa shape index (κ2) is 7.93. The summed E-state index contributed by atoms with van der Waals surface area (Å²) in [6, 6.07) is 7.00. The standard InChI is InChI=1S/C20H18N10O/c1-31-14-3-2-11(6-12(14)8-30-5-4-25-10-30)17-15-16(23)13(7-21)18(24)28-19(15)29-20(27-17)26-9-22/h2-6,10,17H,8H2,1H3,(H6,23,24,26,27,28,29). The molecule has 1 aromatic carbocycles. The van der Waals surface area contributed by atoms with Crippen LogP contribution in [0.25, 0.3) is 0 Å². The Bertz CT molecular complexity index is 1250. The second-order valence-corrected chi connectivity index (χ2v) is 6.71. The summed E-state index contributed by atoms with van der Waals surface area (Å²) in [7, 11) is 1.60. The number of imidazole rings is 1. The monoisotopic (exact) mass is 414 g/mol. The lowest BCUT2D eigenvalue weighted by atomic mass is 9.93. The topological polar surface area (TPSA) is 176 Å². The number of methoxy groups -OCH3 is 1. The minimum atomic E-state index is -0.625. The Balaban J connectivity index is 1.87. The summed E-state index contributed by atoms with van der Waals surface area (Å²) < 4.78 is 7.42. The molecule has 11 heteroatoms. The molecule has 31 heavy (non-hydrogen) atoms. The molecular weight excluding hydrogens is 396 g/mol. The van der Waals surface area contributed by atoms with E-state index in [1.807, 2.05) is 41.2 Å². The summed E-state index contributed by atoms with van der Waals surface area (Å²) in [5.74, 6) is 1.23. The van der Waals surface area contributed by atoms with Crippen LogP contribution in [-0.4, -0.2) is 27.6 Å². The van der Waals surface area contributed by atoms with Crippen LogP contribution in [0.1, 0.15) is 28.3 Å². The molecule has 1 aliphatic rings. The summed E-state index contributed by atoms with van der Waals surface area (Å²) in [6.45, 7) is 0.529. The fraction of sp³-hybridized carbons (Fsp3) is 0.150. The summed E-state index contributed by atoms with van der Waals surface area (Å²) in [4.78, 5) is 12.9. The van der Waals surface area contributed by atoms with E-state index in [-0.39, 0.29) is 23.0 Å². The molecule has 0 spiro atoms. The number of benzene rings is 1. The highest BCUT2D eigenvalue weighted by Gasteiger charge is 2.30. The largest absolute Gasteiger partial charge is 0.496 e. The van der Waals surface area contributed by atoms with Gasteiger partial charge in [-0.1, -0.05) is 6.07 Å². The van der Waals surface area contributed by atoms with Gasteiger partial charge in [-0.05, 0) is 17.7 Å².